The molecule has 0 atom stereocenters. The molecule has 162 valence electrons. The molecule has 2 aromatic carbocycles. The van der Waals surface area contributed by atoms with Crippen molar-refractivity contribution in [1.29, 1.82) is 0 Å². The number of benzene rings is 2. The van der Waals surface area contributed by atoms with Gasteiger partial charge < -0.3 is 30.0 Å². The van der Waals surface area contributed by atoms with E-state index in [1.807, 2.05) is 36.4 Å². The molecule has 0 bridgehead atoms. The van der Waals surface area contributed by atoms with Crippen LogP contribution in [0.15, 0.2) is 48.5 Å². The number of carbonyl (C=O) groups excluding carboxylic acids is 1. The van der Waals surface area contributed by atoms with Crippen LogP contribution in [0, 0.1) is 4.51 Å². The zero-order valence-electron chi connectivity index (χ0n) is 17.2. The minimum Gasteiger partial charge on any atom is -0.505 e. The Morgan fingerprint density at radius 2 is 1.48 bits per heavy atom. The van der Waals surface area contributed by atoms with E-state index in [2.05, 4.69) is 10.6 Å². The van der Waals surface area contributed by atoms with Gasteiger partial charge in [0.15, 0.2) is 10.6 Å². The van der Waals surface area contributed by atoms with Crippen LogP contribution in [-0.2, 0) is 4.74 Å². The number of anilines is 4. The van der Waals surface area contributed by atoms with Crippen molar-refractivity contribution in [3.05, 3.63) is 57.9 Å². The van der Waals surface area contributed by atoms with Crippen molar-refractivity contribution < 1.29 is 24.1 Å². The predicted molar refractivity (Wildman–Crippen MR) is 125 cm³/mol. The fraction of sp³-hybridized carbons (Fsp3) is 0.182. The summed E-state index contributed by atoms with van der Waals surface area (Å²) in [5, 5.41) is 17.6. The Labute approximate surface area is 189 Å². The second-order valence-corrected chi connectivity index (χ2v) is 7.67. The summed E-state index contributed by atoms with van der Waals surface area (Å²) in [6.45, 7) is 1.88. The van der Waals surface area contributed by atoms with Crippen LogP contribution in [0.4, 0.5) is 22.1 Å². The molecule has 0 amide bonds. The summed E-state index contributed by atoms with van der Waals surface area (Å²) in [6, 6.07) is 14.6. The Morgan fingerprint density at radius 3 is 1.97 bits per heavy atom. The Hall–Kier alpha value is -3.30. The fourth-order valence-corrected chi connectivity index (χ4v) is 4.04. The molecule has 1 aromatic heterocycles. The molecule has 0 saturated carbocycles. The third-order valence-corrected chi connectivity index (χ3v) is 5.73. The molecule has 1 heterocycles. The molecule has 0 aliphatic carbocycles. The van der Waals surface area contributed by atoms with E-state index < -0.39 is 5.97 Å². The molecule has 0 unspecified atom stereocenters. The zero-order chi connectivity index (χ0) is 22.4. The summed E-state index contributed by atoms with van der Waals surface area (Å²) in [5.41, 5.74) is 1.96. The van der Waals surface area contributed by atoms with Crippen LogP contribution < -0.4 is 20.1 Å². The van der Waals surface area contributed by atoms with Gasteiger partial charge in [0.05, 0.1) is 26.5 Å². The van der Waals surface area contributed by atoms with Crippen LogP contribution in [-0.4, -0.2) is 31.9 Å². The molecule has 31 heavy (non-hydrogen) atoms. The summed E-state index contributed by atoms with van der Waals surface area (Å²) in [6.07, 6.45) is 0. The lowest BCUT2D eigenvalue weighted by Crippen LogP contribution is -2.06. The number of hydrogen-bond donors (Lipinski definition) is 3. The SMILES string of the molecule is CCOC(=O)c1sc(Nc2ccc(OC)cc2)c(Nc2ccc(OC)cc2)c(=S)c1O. The normalized spacial score (nSPS) is 10.3. The molecular weight excluding hydrogens is 436 g/mol. The second-order valence-electron chi connectivity index (χ2n) is 6.24. The van der Waals surface area contributed by atoms with Crippen LogP contribution in [0.3, 0.4) is 0 Å². The summed E-state index contributed by atoms with van der Waals surface area (Å²) in [5.74, 6) is 0.497. The Morgan fingerprint density at radius 1 is 0.968 bits per heavy atom. The molecule has 0 aliphatic heterocycles. The molecule has 0 fully saturated rings. The zero-order valence-corrected chi connectivity index (χ0v) is 18.9. The standard InChI is InChI=1S/C22H22N2O5S2/c1-4-29-22(26)20-18(25)19(30)17(23-13-5-9-15(27-2)10-6-13)21(31-20)24-14-7-11-16(28-3)12-8-14/h5-12,23-25H,4H2,1-3H3. The average molecular weight is 459 g/mol. The van der Waals surface area contributed by atoms with Crippen LogP contribution in [0.1, 0.15) is 16.6 Å². The second kappa shape index (κ2) is 10.1. The summed E-state index contributed by atoms with van der Waals surface area (Å²) in [7, 11) is 3.19. The molecule has 7 nitrogen and oxygen atoms in total. The number of carbonyl (C=O) groups is 1. The van der Waals surface area contributed by atoms with Crippen molar-refractivity contribution in [3.8, 4) is 17.2 Å². The number of rotatable bonds is 8. The van der Waals surface area contributed by atoms with Gasteiger partial charge in [0.2, 0.25) is 0 Å². The largest absolute Gasteiger partial charge is 0.505 e. The first-order valence-electron chi connectivity index (χ1n) is 9.36. The Kier molecular flexibility index (Phi) is 7.32. The van der Waals surface area contributed by atoms with Gasteiger partial charge in [-0.15, -0.1) is 11.3 Å². The van der Waals surface area contributed by atoms with Crippen molar-refractivity contribution in [2.75, 3.05) is 31.5 Å². The highest BCUT2D eigenvalue weighted by atomic mass is 32.1. The van der Waals surface area contributed by atoms with Gasteiger partial charge in [-0.25, -0.2) is 4.79 Å². The van der Waals surface area contributed by atoms with Crippen molar-refractivity contribution >= 4 is 51.6 Å². The van der Waals surface area contributed by atoms with E-state index in [4.69, 9.17) is 26.4 Å². The monoisotopic (exact) mass is 458 g/mol. The van der Waals surface area contributed by atoms with Crippen molar-refractivity contribution in [3.63, 3.8) is 0 Å². The van der Waals surface area contributed by atoms with Crippen LogP contribution in [0.5, 0.6) is 17.2 Å². The van der Waals surface area contributed by atoms with E-state index in [0.717, 1.165) is 22.7 Å². The van der Waals surface area contributed by atoms with E-state index in [0.29, 0.717) is 22.2 Å². The molecule has 3 aromatic rings. The Balaban J connectivity index is 2.05. The molecule has 0 radical (unpaired) electrons. The number of esters is 1. The topological polar surface area (TPSA) is 89.1 Å². The first-order chi connectivity index (χ1) is 15.0. The average Bonchev–Trinajstić information content (AvgIpc) is 2.79. The van der Waals surface area contributed by atoms with Crippen LogP contribution in [0.25, 0.3) is 0 Å². The summed E-state index contributed by atoms with van der Waals surface area (Å²) in [4.78, 5) is 12.4. The minimum atomic E-state index is -0.634. The van der Waals surface area contributed by atoms with E-state index in [-0.39, 0.29) is 21.7 Å². The highest BCUT2D eigenvalue weighted by Crippen LogP contribution is 2.41. The minimum absolute atomic E-state index is 0.0307. The van der Waals surface area contributed by atoms with Gasteiger partial charge >= 0.3 is 5.97 Å². The summed E-state index contributed by atoms with van der Waals surface area (Å²) >= 11 is 6.53. The van der Waals surface area contributed by atoms with Gasteiger partial charge in [-0.3, -0.25) is 0 Å². The fourth-order valence-electron chi connectivity index (χ4n) is 2.69. The third-order valence-electron chi connectivity index (χ3n) is 4.26. The molecule has 0 spiro atoms. The van der Waals surface area contributed by atoms with Gasteiger partial charge in [0, 0.05) is 11.4 Å². The van der Waals surface area contributed by atoms with Crippen molar-refractivity contribution in [2.45, 2.75) is 6.92 Å². The first kappa shape index (κ1) is 22.4. The van der Waals surface area contributed by atoms with E-state index >= 15 is 0 Å². The highest BCUT2D eigenvalue weighted by molar-refractivity contribution is 7.71. The van der Waals surface area contributed by atoms with Crippen molar-refractivity contribution in [1.82, 2.24) is 0 Å². The van der Waals surface area contributed by atoms with Crippen LogP contribution >= 0.6 is 23.6 Å². The van der Waals surface area contributed by atoms with Crippen LogP contribution in [0.2, 0.25) is 0 Å². The third kappa shape index (κ3) is 5.25. The quantitative estimate of drug-likeness (QED) is 0.286. The highest BCUT2D eigenvalue weighted by Gasteiger charge is 2.21. The molecule has 0 saturated heterocycles. The Bertz CT molecular complexity index is 1110. The predicted octanol–water partition coefficient (Wildman–Crippen LogP) is 5.86. The smallest absolute Gasteiger partial charge is 0.352 e. The van der Waals surface area contributed by atoms with E-state index in [1.54, 1.807) is 33.3 Å². The number of aromatic hydroxyl groups is 1. The number of methoxy groups -OCH3 is 2. The number of hydrogen-bond acceptors (Lipinski definition) is 9. The first-order valence-corrected chi connectivity index (χ1v) is 10.6. The molecule has 3 rings (SSSR count). The molecular formula is C22H22N2O5S2. The molecule has 0 aliphatic rings. The van der Waals surface area contributed by atoms with Gasteiger partial charge in [0.25, 0.3) is 0 Å². The lowest BCUT2D eigenvalue weighted by Gasteiger charge is -2.16. The lowest BCUT2D eigenvalue weighted by atomic mass is 10.2. The van der Waals surface area contributed by atoms with Gasteiger partial charge in [-0.1, -0.05) is 12.2 Å². The van der Waals surface area contributed by atoms with Gasteiger partial charge in [0.1, 0.15) is 21.0 Å². The molecule has 3 N–H and O–H groups in total. The maximum absolute atomic E-state index is 12.3. The number of ether oxygens (including phenoxy) is 3. The van der Waals surface area contributed by atoms with E-state index in [1.165, 1.54) is 0 Å². The maximum atomic E-state index is 12.3. The summed E-state index contributed by atoms with van der Waals surface area (Å²) < 4.78 is 15.6. The maximum Gasteiger partial charge on any atom is 0.352 e. The molecule has 9 heteroatoms. The lowest BCUT2D eigenvalue weighted by molar-refractivity contribution is 0.0529. The van der Waals surface area contributed by atoms with E-state index in [9.17, 15) is 9.90 Å². The van der Waals surface area contributed by atoms with Crippen molar-refractivity contribution in [2.24, 2.45) is 0 Å². The van der Waals surface area contributed by atoms with Gasteiger partial charge in [-0.2, -0.15) is 0 Å². The number of nitrogens with one attached hydrogen (secondary N) is 2. The van der Waals surface area contributed by atoms with Gasteiger partial charge in [-0.05, 0) is 55.5 Å².